The molecule has 1 unspecified atom stereocenters. The second-order valence-electron chi connectivity index (χ2n) is 4.42. The molecule has 3 rings (SSSR count). The Bertz CT molecular complexity index is 727. The van der Waals surface area contributed by atoms with Gasteiger partial charge in [-0.25, -0.2) is 0 Å². The molecule has 1 heterocycles. The monoisotopic (exact) mass is 360 g/mol. The summed E-state index contributed by atoms with van der Waals surface area (Å²) in [4.78, 5) is 0. The number of allylic oxidation sites excluding steroid dienone is 3. The summed E-state index contributed by atoms with van der Waals surface area (Å²) in [6, 6.07) is 7.79. The lowest BCUT2D eigenvalue weighted by atomic mass is 9.93. The zero-order valence-corrected chi connectivity index (χ0v) is 13.2. The molecule has 0 saturated heterocycles. The van der Waals surface area contributed by atoms with Crippen LogP contribution in [0.2, 0.25) is 0 Å². The third kappa shape index (κ3) is 3.25. The predicted octanol–water partition coefficient (Wildman–Crippen LogP) is 4.84. The summed E-state index contributed by atoms with van der Waals surface area (Å²) in [5.41, 5.74) is 1.86. The molecule has 4 nitrogen and oxygen atoms in total. The highest BCUT2D eigenvalue weighted by molar-refractivity contribution is 9.10. The van der Waals surface area contributed by atoms with Crippen LogP contribution in [0.4, 0.5) is 0 Å². The molecule has 0 saturated carbocycles. The third-order valence-electron chi connectivity index (χ3n) is 3.02. The van der Waals surface area contributed by atoms with Crippen molar-refractivity contribution >= 4 is 39.6 Å². The lowest BCUT2D eigenvalue weighted by molar-refractivity contribution is 0.935. The first-order valence-corrected chi connectivity index (χ1v) is 7.44. The van der Waals surface area contributed by atoms with E-state index in [0.717, 1.165) is 15.6 Å². The standard InChI is InChI=1S/C15H10BrClN4/c16-11-7-5-10(6-8-11)9-18-20-15-13-4-2-1-3-12(13)14(17)19-21-15/h1-9,13H/b18-9+,20-15-. The average molecular weight is 362 g/mol. The summed E-state index contributed by atoms with van der Waals surface area (Å²) in [5.74, 6) is 0.449. The highest BCUT2D eigenvalue weighted by Gasteiger charge is 2.24. The topological polar surface area (TPSA) is 49.4 Å². The molecule has 104 valence electrons. The normalized spacial score (nSPS) is 22.4. The summed E-state index contributed by atoms with van der Waals surface area (Å²) in [6.45, 7) is 0. The van der Waals surface area contributed by atoms with E-state index in [1.54, 1.807) is 6.21 Å². The molecule has 0 spiro atoms. The van der Waals surface area contributed by atoms with Gasteiger partial charge < -0.3 is 0 Å². The number of halogens is 2. The molecular weight excluding hydrogens is 352 g/mol. The van der Waals surface area contributed by atoms with Gasteiger partial charge in [0.1, 0.15) is 0 Å². The number of rotatable bonds is 2. The number of hydrogen-bond donors (Lipinski definition) is 0. The van der Waals surface area contributed by atoms with Gasteiger partial charge in [-0.15, -0.1) is 15.3 Å². The minimum Gasteiger partial charge on any atom is -0.157 e. The molecule has 1 atom stereocenters. The van der Waals surface area contributed by atoms with Crippen molar-refractivity contribution in [3.8, 4) is 0 Å². The summed E-state index contributed by atoms with van der Waals surface area (Å²) in [5, 5.41) is 16.6. The Balaban J connectivity index is 1.81. The Hall–Kier alpha value is -1.85. The largest absolute Gasteiger partial charge is 0.184 e. The van der Waals surface area contributed by atoms with E-state index in [1.165, 1.54) is 0 Å². The van der Waals surface area contributed by atoms with Crippen LogP contribution in [-0.4, -0.2) is 12.1 Å². The van der Waals surface area contributed by atoms with Crippen LogP contribution in [0.5, 0.6) is 0 Å². The fourth-order valence-electron chi connectivity index (χ4n) is 1.96. The Morgan fingerprint density at radius 1 is 1.14 bits per heavy atom. The maximum atomic E-state index is 6.04. The van der Waals surface area contributed by atoms with Gasteiger partial charge in [0.05, 0.1) is 12.1 Å². The highest BCUT2D eigenvalue weighted by Crippen LogP contribution is 2.30. The first-order chi connectivity index (χ1) is 10.2. The van der Waals surface area contributed by atoms with Gasteiger partial charge in [-0.2, -0.15) is 5.10 Å². The van der Waals surface area contributed by atoms with Crippen LogP contribution in [0.25, 0.3) is 0 Å². The molecule has 1 aliphatic heterocycles. The van der Waals surface area contributed by atoms with Gasteiger partial charge in [0.15, 0.2) is 11.0 Å². The van der Waals surface area contributed by atoms with Gasteiger partial charge in [-0.05, 0) is 17.7 Å². The molecule has 0 amide bonds. The van der Waals surface area contributed by atoms with Gasteiger partial charge in [-0.1, -0.05) is 64.0 Å². The van der Waals surface area contributed by atoms with Crippen LogP contribution >= 0.6 is 27.5 Å². The van der Waals surface area contributed by atoms with E-state index in [9.17, 15) is 0 Å². The van der Waals surface area contributed by atoms with Crippen molar-refractivity contribution in [2.75, 3.05) is 0 Å². The van der Waals surface area contributed by atoms with Gasteiger partial charge in [0.25, 0.3) is 0 Å². The predicted molar refractivity (Wildman–Crippen MR) is 88.7 cm³/mol. The van der Waals surface area contributed by atoms with Gasteiger partial charge in [-0.3, -0.25) is 0 Å². The van der Waals surface area contributed by atoms with Crippen LogP contribution in [0.1, 0.15) is 5.56 Å². The highest BCUT2D eigenvalue weighted by atomic mass is 79.9. The molecule has 0 aromatic heterocycles. The van der Waals surface area contributed by atoms with E-state index in [1.807, 2.05) is 48.6 Å². The maximum Gasteiger partial charge on any atom is 0.184 e. The van der Waals surface area contributed by atoms with E-state index in [4.69, 9.17) is 11.6 Å². The first kappa shape index (κ1) is 14.1. The van der Waals surface area contributed by atoms with E-state index in [-0.39, 0.29) is 5.92 Å². The summed E-state index contributed by atoms with van der Waals surface area (Å²) in [6.07, 6.45) is 9.42. The zero-order chi connectivity index (χ0) is 14.7. The summed E-state index contributed by atoms with van der Waals surface area (Å²) in [7, 11) is 0. The fourth-order valence-corrected chi connectivity index (χ4v) is 2.45. The third-order valence-corrected chi connectivity index (χ3v) is 3.84. The van der Waals surface area contributed by atoms with Gasteiger partial charge in [0.2, 0.25) is 0 Å². The molecule has 0 N–H and O–H groups in total. The quantitative estimate of drug-likeness (QED) is 0.411. The fraction of sp³-hybridized carbons (Fsp3) is 0.0667. The molecule has 0 bridgehead atoms. The summed E-state index contributed by atoms with van der Waals surface area (Å²) < 4.78 is 1.02. The minimum absolute atomic E-state index is 0.0814. The van der Waals surface area contributed by atoms with Crippen molar-refractivity contribution in [1.29, 1.82) is 0 Å². The van der Waals surface area contributed by atoms with Crippen molar-refractivity contribution < 1.29 is 0 Å². The smallest absolute Gasteiger partial charge is 0.157 e. The van der Waals surface area contributed by atoms with Crippen LogP contribution in [-0.2, 0) is 0 Å². The van der Waals surface area contributed by atoms with Crippen LogP contribution in [0.15, 0.2) is 84.2 Å². The van der Waals surface area contributed by atoms with E-state index in [2.05, 4.69) is 36.4 Å². The van der Waals surface area contributed by atoms with Gasteiger partial charge >= 0.3 is 0 Å². The molecular formula is C15H10BrClN4. The van der Waals surface area contributed by atoms with Crippen LogP contribution in [0, 0.1) is 5.92 Å². The van der Waals surface area contributed by atoms with Crippen molar-refractivity contribution in [3.05, 3.63) is 69.3 Å². The van der Waals surface area contributed by atoms with Crippen LogP contribution in [0.3, 0.4) is 0 Å². The Kier molecular flexibility index (Phi) is 4.22. The number of amidine groups is 1. The first-order valence-electron chi connectivity index (χ1n) is 6.27. The summed E-state index contributed by atoms with van der Waals surface area (Å²) >= 11 is 9.43. The molecule has 1 aromatic carbocycles. The van der Waals surface area contributed by atoms with Gasteiger partial charge in [0, 0.05) is 10.0 Å². The SMILES string of the molecule is ClC1=C2C=CC=CC2/C(=N/N=C/c2ccc(Br)cc2)N=N1. The average Bonchev–Trinajstić information content (AvgIpc) is 2.52. The molecule has 0 radical (unpaired) electrons. The zero-order valence-electron chi connectivity index (χ0n) is 10.8. The van der Waals surface area contributed by atoms with E-state index >= 15 is 0 Å². The lowest BCUT2D eigenvalue weighted by Gasteiger charge is -2.18. The number of azo groups is 1. The number of hydrogen-bond acceptors (Lipinski definition) is 3. The molecule has 0 fully saturated rings. The van der Waals surface area contributed by atoms with Crippen molar-refractivity contribution in [2.24, 2.45) is 26.3 Å². The second-order valence-corrected chi connectivity index (χ2v) is 5.70. The molecule has 21 heavy (non-hydrogen) atoms. The maximum absolute atomic E-state index is 6.04. The molecule has 1 aliphatic carbocycles. The minimum atomic E-state index is -0.0814. The van der Waals surface area contributed by atoms with Crippen molar-refractivity contribution in [3.63, 3.8) is 0 Å². The van der Waals surface area contributed by atoms with Crippen LogP contribution < -0.4 is 0 Å². The van der Waals surface area contributed by atoms with Crippen molar-refractivity contribution in [2.45, 2.75) is 0 Å². The van der Waals surface area contributed by atoms with Crippen molar-refractivity contribution in [1.82, 2.24) is 0 Å². The van der Waals surface area contributed by atoms with E-state index < -0.39 is 0 Å². The Labute approximate surface area is 135 Å². The van der Waals surface area contributed by atoms with E-state index in [0.29, 0.717) is 11.0 Å². The Morgan fingerprint density at radius 3 is 2.76 bits per heavy atom. The molecule has 6 heteroatoms. The number of nitrogens with zero attached hydrogens (tertiary/aromatic N) is 4. The number of fused-ring (bicyclic) bond motifs is 1. The lowest BCUT2D eigenvalue weighted by Crippen LogP contribution is -2.16. The Morgan fingerprint density at radius 2 is 1.95 bits per heavy atom. The second kappa shape index (κ2) is 6.28. The molecule has 2 aliphatic rings. The molecule has 1 aromatic rings. The number of benzene rings is 1.